The second-order valence-electron chi connectivity index (χ2n) is 7.18. The number of nitro benzene ring substituents is 1. The number of amides is 1. The number of hydrogen-bond donors (Lipinski definition) is 1. The van der Waals surface area contributed by atoms with Gasteiger partial charge in [0, 0.05) is 12.1 Å². The summed E-state index contributed by atoms with van der Waals surface area (Å²) in [5.74, 6) is 0.106. The Morgan fingerprint density at radius 1 is 1.18 bits per heavy atom. The Bertz CT molecular complexity index is 1220. The molecule has 0 aromatic heterocycles. The fourth-order valence-corrected chi connectivity index (χ4v) is 3.52. The van der Waals surface area contributed by atoms with Crippen LogP contribution in [0.4, 0.5) is 5.69 Å². The number of nitrogens with zero attached hydrogens (tertiary/aromatic N) is 2. The minimum Gasteiger partial charge on any atom is -0.488 e. The van der Waals surface area contributed by atoms with Crippen LogP contribution < -0.4 is 10.1 Å². The molecule has 0 fully saturated rings. The highest BCUT2D eigenvalue weighted by Gasteiger charge is 2.14. The Morgan fingerprint density at radius 2 is 1.88 bits per heavy atom. The average molecular weight is 506 g/mol. The van der Waals surface area contributed by atoms with Crippen molar-refractivity contribution in [1.82, 2.24) is 5.32 Å². The lowest BCUT2D eigenvalue weighted by molar-refractivity contribution is -0.384. The number of rotatable bonds is 8. The number of hydrogen-bond acceptors (Lipinski definition) is 5. The second-order valence-corrected chi connectivity index (χ2v) is 8.03. The summed E-state index contributed by atoms with van der Waals surface area (Å²) < 4.78 is 6.42. The molecular weight excluding hydrogens is 486 g/mol. The van der Waals surface area contributed by atoms with E-state index in [4.69, 9.17) is 4.74 Å². The molecule has 7 nitrogen and oxygen atoms in total. The Morgan fingerprint density at radius 3 is 2.48 bits per heavy atom. The summed E-state index contributed by atoms with van der Waals surface area (Å²) in [7, 11) is 0. The Balaban J connectivity index is 1.66. The number of nitro groups is 1. The van der Waals surface area contributed by atoms with Gasteiger partial charge in [-0.25, -0.2) is 0 Å². The maximum absolute atomic E-state index is 12.6. The molecule has 0 aliphatic carbocycles. The zero-order valence-corrected chi connectivity index (χ0v) is 19.3. The molecule has 3 aromatic rings. The predicted octanol–water partition coefficient (Wildman–Crippen LogP) is 5.72. The first kappa shape index (κ1) is 23.7. The van der Waals surface area contributed by atoms with Gasteiger partial charge in [0.2, 0.25) is 0 Å². The molecule has 166 valence electrons. The third kappa shape index (κ3) is 6.51. The van der Waals surface area contributed by atoms with Crippen molar-refractivity contribution in [3.63, 3.8) is 0 Å². The van der Waals surface area contributed by atoms with Crippen molar-refractivity contribution < 1.29 is 14.5 Å². The van der Waals surface area contributed by atoms with E-state index in [0.717, 1.165) is 11.1 Å². The van der Waals surface area contributed by atoms with Gasteiger partial charge < -0.3 is 10.1 Å². The first-order valence-corrected chi connectivity index (χ1v) is 10.8. The quantitative estimate of drug-likeness (QED) is 0.182. The number of halogens is 1. The molecule has 1 N–H and O–H groups in total. The van der Waals surface area contributed by atoms with E-state index < -0.39 is 10.8 Å². The highest BCUT2D eigenvalue weighted by atomic mass is 79.9. The topological polar surface area (TPSA) is 105 Å². The van der Waals surface area contributed by atoms with Gasteiger partial charge in [0.15, 0.2) is 0 Å². The molecule has 0 aliphatic heterocycles. The number of carbonyl (C=O) groups excluding carboxylic acids is 1. The molecule has 0 aliphatic rings. The smallest absolute Gasteiger partial charge is 0.269 e. The number of benzene rings is 3. The lowest BCUT2D eigenvalue weighted by Crippen LogP contribution is -2.27. The van der Waals surface area contributed by atoms with Gasteiger partial charge in [-0.2, -0.15) is 5.26 Å². The van der Waals surface area contributed by atoms with Crippen LogP contribution in [0.2, 0.25) is 0 Å². The van der Waals surface area contributed by atoms with E-state index in [2.05, 4.69) is 21.2 Å². The van der Waals surface area contributed by atoms with Gasteiger partial charge in [0.05, 0.1) is 15.4 Å². The molecule has 1 atom stereocenters. The molecule has 3 rings (SSSR count). The van der Waals surface area contributed by atoms with Crippen LogP contribution in [-0.2, 0) is 11.4 Å². The molecule has 1 amide bonds. The van der Waals surface area contributed by atoms with Crippen LogP contribution in [0, 0.1) is 21.4 Å². The van der Waals surface area contributed by atoms with Gasteiger partial charge in [0.1, 0.15) is 24.0 Å². The van der Waals surface area contributed by atoms with Crippen LogP contribution in [0.25, 0.3) is 6.08 Å². The van der Waals surface area contributed by atoms with Crippen molar-refractivity contribution in [2.75, 3.05) is 0 Å². The Hall–Kier alpha value is -3.96. The van der Waals surface area contributed by atoms with Crippen molar-refractivity contribution in [2.45, 2.75) is 19.6 Å². The Kier molecular flexibility index (Phi) is 7.95. The summed E-state index contributed by atoms with van der Waals surface area (Å²) >= 11 is 3.44. The van der Waals surface area contributed by atoms with E-state index in [1.54, 1.807) is 30.3 Å². The van der Waals surface area contributed by atoms with E-state index >= 15 is 0 Å². The summed E-state index contributed by atoms with van der Waals surface area (Å²) in [6, 6.07) is 22.5. The number of nitrogens with one attached hydrogen (secondary N) is 1. The number of non-ortho nitro benzene ring substituents is 1. The van der Waals surface area contributed by atoms with E-state index in [9.17, 15) is 20.2 Å². The van der Waals surface area contributed by atoms with Gasteiger partial charge >= 0.3 is 0 Å². The van der Waals surface area contributed by atoms with Gasteiger partial charge in [-0.05, 0) is 69.9 Å². The van der Waals surface area contributed by atoms with Crippen LogP contribution >= 0.6 is 15.9 Å². The second kappa shape index (κ2) is 11.1. The highest BCUT2D eigenvalue weighted by molar-refractivity contribution is 9.10. The molecule has 0 unspecified atom stereocenters. The fraction of sp³-hybridized carbons (Fsp3) is 0.120. The minimum atomic E-state index is -0.455. The first-order valence-electron chi connectivity index (χ1n) is 10.0. The average Bonchev–Trinajstić information content (AvgIpc) is 2.82. The predicted molar refractivity (Wildman–Crippen MR) is 128 cm³/mol. The maximum Gasteiger partial charge on any atom is 0.269 e. The maximum atomic E-state index is 12.6. The SMILES string of the molecule is C[C@@H](NC(=O)/C(C#N)=C\c1ccc(OCc2ccc([N+](=O)[O-])cc2)c(Br)c1)c1ccccc1. The molecule has 8 heteroatoms. The van der Waals surface area contributed by atoms with Crippen molar-refractivity contribution in [2.24, 2.45) is 0 Å². The summed E-state index contributed by atoms with van der Waals surface area (Å²) in [6.07, 6.45) is 1.51. The zero-order chi connectivity index (χ0) is 23.8. The van der Waals surface area contributed by atoms with Crippen LogP contribution in [0.15, 0.2) is 82.8 Å². The normalized spacial score (nSPS) is 11.8. The van der Waals surface area contributed by atoms with Gasteiger partial charge in [-0.15, -0.1) is 0 Å². The standard InChI is InChI=1S/C25H20BrN3O4/c1-17(20-5-3-2-4-6-20)28-25(30)21(15-27)13-19-9-12-24(23(26)14-19)33-16-18-7-10-22(11-8-18)29(31)32/h2-14,17H,16H2,1H3,(H,28,30)/b21-13-/t17-/m1/s1. The zero-order valence-electron chi connectivity index (χ0n) is 17.7. The Labute approximate surface area is 199 Å². The van der Waals surface area contributed by atoms with Crippen LogP contribution in [-0.4, -0.2) is 10.8 Å². The lowest BCUT2D eigenvalue weighted by atomic mass is 10.1. The highest BCUT2D eigenvalue weighted by Crippen LogP contribution is 2.28. The van der Waals surface area contributed by atoms with E-state index in [-0.39, 0.29) is 23.9 Å². The van der Waals surface area contributed by atoms with Crippen molar-refractivity contribution >= 4 is 33.6 Å². The number of ether oxygens (including phenoxy) is 1. The van der Waals surface area contributed by atoms with Crippen molar-refractivity contribution in [1.29, 1.82) is 5.26 Å². The third-order valence-corrected chi connectivity index (χ3v) is 5.44. The molecule has 33 heavy (non-hydrogen) atoms. The lowest BCUT2D eigenvalue weighted by Gasteiger charge is -2.14. The van der Waals surface area contributed by atoms with Gasteiger partial charge in [0.25, 0.3) is 11.6 Å². The van der Waals surface area contributed by atoms with E-state index in [1.165, 1.54) is 18.2 Å². The van der Waals surface area contributed by atoms with Crippen LogP contribution in [0.5, 0.6) is 5.75 Å². The molecule has 0 spiro atoms. The summed E-state index contributed by atoms with van der Waals surface area (Å²) in [5.41, 5.74) is 2.40. The monoisotopic (exact) mass is 505 g/mol. The van der Waals surface area contributed by atoms with E-state index in [0.29, 0.717) is 15.8 Å². The van der Waals surface area contributed by atoms with Gasteiger partial charge in [-0.3, -0.25) is 14.9 Å². The van der Waals surface area contributed by atoms with Crippen LogP contribution in [0.1, 0.15) is 29.7 Å². The fourth-order valence-electron chi connectivity index (χ4n) is 3.01. The van der Waals surface area contributed by atoms with Crippen molar-refractivity contribution in [3.05, 3.63) is 110 Å². The minimum absolute atomic E-state index is 0.00997. The molecule has 0 heterocycles. The van der Waals surface area contributed by atoms with E-state index in [1.807, 2.05) is 43.3 Å². The van der Waals surface area contributed by atoms with Crippen LogP contribution in [0.3, 0.4) is 0 Å². The molecule has 0 saturated heterocycles. The van der Waals surface area contributed by atoms with Gasteiger partial charge in [-0.1, -0.05) is 36.4 Å². The van der Waals surface area contributed by atoms with Crippen molar-refractivity contribution in [3.8, 4) is 11.8 Å². The molecule has 0 bridgehead atoms. The number of nitriles is 1. The summed E-state index contributed by atoms with van der Waals surface area (Å²) in [6.45, 7) is 2.09. The number of carbonyl (C=O) groups is 1. The molecule has 3 aromatic carbocycles. The molecular formula is C25H20BrN3O4. The summed E-state index contributed by atoms with van der Waals surface area (Å²) in [5, 5.41) is 23.1. The molecule has 0 saturated carbocycles. The largest absolute Gasteiger partial charge is 0.488 e. The molecule has 0 radical (unpaired) electrons. The first-order chi connectivity index (χ1) is 15.9. The summed E-state index contributed by atoms with van der Waals surface area (Å²) in [4.78, 5) is 22.9. The third-order valence-electron chi connectivity index (χ3n) is 4.82.